The summed E-state index contributed by atoms with van der Waals surface area (Å²) in [7, 11) is 4.08. The highest BCUT2D eigenvalue weighted by Gasteiger charge is 2.11. The SMILES string of the molecule is CCCCOc1ccc(CN(CCN(C)C)c2ccccn2)cc1F. The fourth-order valence-electron chi connectivity index (χ4n) is 2.44. The van der Waals surface area contributed by atoms with E-state index < -0.39 is 0 Å². The molecule has 1 aromatic heterocycles. The summed E-state index contributed by atoms with van der Waals surface area (Å²) in [5.74, 6) is 0.921. The van der Waals surface area contributed by atoms with Crippen molar-refractivity contribution < 1.29 is 9.13 Å². The highest BCUT2D eigenvalue weighted by Crippen LogP contribution is 2.21. The summed E-state index contributed by atoms with van der Waals surface area (Å²) in [5.41, 5.74) is 0.907. The van der Waals surface area contributed by atoms with Gasteiger partial charge in [0.25, 0.3) is 0 Å². The summed E-state index contributed by atoms with van der Waals surface area (Å²) < 4.78 is 19.8. The Hall–Kier alpha value is -2.14. The third kappa shape index (κ3) is 6.35. The fourth-order valence-corrected chi connectivity index (χ4v) is 2.44. The number of pyridine rings is 1. The molecule has 0 aliphatic rings. The number of nitrogens with zero attached hydrogens (tertiary/aromatic N) is 3. The first-order valence-electron chi connectivity index (χ1n) is 8.82. The van der Waals surface area contributed by atoms with Crippen LogP contribution in [0.4, 0.5) is 10.2 Å². The van der Waals surface area contributed by atoms with E-state index in [9.17, 15) is 4.39 Å². The number of rotatable bonds is 10. The summed E-state index contributed by atoms with van der Waals surface area (Å²) in [6.07, 6.45) is 3.74. The summed E-state index contributed by atoms with van der Waals surface area (Å²) in [4.78, 5) is 8.72. The lowest BCUT2D eigenvalue weighted by molar-refractivity contribution is 0.294. The Balaban J connectivity index is 2.08. The molecule has 1 aromatic carbocycles. The lowest BCUT2D eigenvalue weighted by Gasteiger charge is -2.25. The molecule has 0 saturated heterocycles. The predicted molar refractivity (Wildman–Crippen MR) is 101 cm³/mol. The Morgan fingerprint density at radius 2 is 1.96 bits per heavy atom. The lowest BCUT2D eigenvalue weighted by Crippen LogP contribution is -2.31. The number of likely N-dealkylation sites (N-methyl/N-ethyl adjacent to an activating group) is 1. The van der Waals surface area contributed by atoms with Gasteiger partial charge in [-0.25, -0.2) is 9.37 Å². The second-order valence-corrected chi connectivity index (χ2v) is 6.38. The minimum Gasteiger partial charge on any atom is -0.491 e. The number of hydrogen-bond acceptors (Lipinski definition) is 4. The third-order valence-corrected chi connectivity index (χ3v) is 3.92. The van der Waals surface area contributed by atoms with E-state index in [0.29, 0.717) is 18.9 Å². The molecular weight excluding hydrogens is 317 g/mol. The number of ether oxygens (including phenoxy) is 1. The molecule has 0 atom stereocenters. The van der Waals surface area contributed by atoms with Gasteiger partial charge < -0.3 is 14.5 Å². The van der Waals surface area contributed by atoms with Gasteiger partial charge in [-0.05, 0) is 50.3 Å². The molecule has 0 bridgehead atoms. The van der Waals surface area contributed by atoms with Gasteiger partial charge in [0.1, 0.15) is 5.82 Å². The van der Waals surface area contributed by atoms with Crippen molar-refractivity contribution >= 4 is 5.82 Å². The van der Waals surface area contributed by atoms with Crippen LogP contribution in [0.2, 0.25) is 0 Å². The molecule has 0 spiro atoms. The minimum absolute atomic E-state index is 0.304. The van der Waals surface area contributed by atoms with E-state index in [4.69, 9.17) is 4.74 Å². The van der Waals surface area contributed by atoms with Crippen LogP contribution in [0.25, 0.3) is 0 Å². The number of anilines is 1. The zero-order chi connectivity index (χ0) is 18.1. The van der Waals surface area contributed by atoms with E-state index in [1.807, 2.05) is 38.4 Å². The summed E-state index contributed by atoms with van der Waals surface area (Å²) in [6, 6.07) is 11.1. The Labute approximate surface area is 150 Å². The summed E-state index contributed by atoms with van der Waals surface area (Å²) >= 11 is 0. The van der Waals surface area contributed by atoms with Gasteiger partial charge in [-0.2, -0.15) is 0 Å². The van der Waals surface area contributed by atoms with Crippen LogP contribution in [0.1, 0.15) is 25.3 Å². The number of unbranched alkanes of at least 4 members (excludes halogenated alkanes) is 1. The van der Waals surface area contributed by atoms with Crippen LogP contribution in [-0.4, -0.2) is 43.7 Å². The molecule has 0 amide bonds. The maximum Gasteiger partial charge on any atom is 0.165 e. The van der Waals surface area contributed by atoms with Gasteiger partial charge >= 0.3 is 0 Å². The van der Waals surface area contributed by atoms with E-state index >= 15 is 0 Å². The Morgan fingerprint density at radius 3 is 2.60 bits per heavy atom. The molecule has 5 heteroatoms. The molecule has 4 nitrogen and oxygen atoms in total. The van der Waals surface area contributed by atoms with Crippen LogP contribution in [0.3, 0.4) is 0 Å². The highest BCUT2D eigenvalue weighted by molar-refractivity contribution is 5.40. The van der Waals surface area contributed by atoms with E-state index in [1.54, 1.807) is 18.3 Å². The normalized spacial score (nSPS) is 10.9. The molecule has 2 rings (SSSR count). The molecule has 2 aromatic rings. The number of aromatic nitrogens is 1. The molecule has 25 heavy (non-hydrogen) atoms. The largest absolute Gasteiger partial charge is 0.491 e. The zero-order valence-corrected chi connectivity index (χ0v) is 15.4. The number of hydrogen-bond donors (Lipinski definition) is 0. The van der Waals surface area contributed by atoms with Crippen LogP contribution >= 0.6 is 0 Å². The second-order valence-electron chi connectivity index (χ2n) is 6.38. The molecule has 1 heterocycles. The van der Waals surface area contributed by atoms with Crippen LogP contribution in [0.15, 0.2) is 42.6 Å². The number of benzene rings is 1. The van der Waals surface area contributed by atoms with Crippen LogP contribution < -0.4 is 9.64 Å². The van der Waals surface area contributed by atoms with Crippen LogP contribution in [0, 0.1) is 5.82 Å². The molecule has 136 valence electrons. The van der Waals surface area contributed by atoms with E-state index in [1.165, 1.54) is 0 Å². The van der Waals surface area contributed by atoms with E-state index in [-0.39, 0.29) is 5.82 Å². The van der Waals surface area contributed by atoms with Gasteiger partial charge in [-0.15, -0.1) is 0 Å². The minimum atomic E-state index is -0.304. The fraction of sp³-hybridized carbons (Fsp3) is 0.450. The average Bonchev–Trinajstić information content (AvgIpc) is 2.61. The van der Waals surface area contributed by atoms with Gasteiger partial charge in [0, 0.05) is 25.8 Å². The maximum absolute atomic E-state index is 14.3. The van der Waals surface area contributed by atoms with Crippen molar-refractivity contribution in [2.45, 2.75) is 26.3 Å². The first kappa shape index (κ1) is 19.2. The van der Waals surface area contributed by atoms with Gasteiger partial charge in [0.15, 0.2) is 11.6 Å². The molecule has 0 aliphatic carbocycles. The summed E-state index contributed by atoms with van der Waals surface area (Å²) in [6.45, 7) is 4.97. The van der Waals surface area contributed by atoms with Crippen molar-refractivity contribution in [3.05, 3.63) is 54.0 Å². The van der Waals surface area contributed by atoms with Crippen LogP contribution in [0.5, 0.6) is 5.75 Å². The Kier molecular flexibility index (Phi) is 7.67. The lowest BCUT2D eigenvalue weighted by atomic mass is 10.2. The van der Waals surface area contributed by atoms with Crippen molar-refractivity contribution in [2.75, 3.05) is 38.7 Å². The molecule has 0 N–H and O–H groups in total. The van der Waals surface area contributed by atoms with Gasteiger partial charge in [0.2, 0.25) is 0 Å². The van der Waals surface area contributed by atoms with Gasteiger partial charge in [0.05, 0.1) is 6.61 Å². The monoisotopic (exact) mass is 345 g/mol. The molecule has 0 radical (unpaired) electrons. The van der Waals surface area contributed by atoms with Crippen molar-refractivity contribution in [1.82, 2.24) is 9.88 Å². The second kappa shape index (κ2) is 9.99. The Morgan fingerprint density at radius 1 is 1.12 bits per heavy atom. The smallest absolute Gasteiger partial charge is 0.165 e. The number of halogens is 1. The van der Waals surface area contributed by atoms with Crippen molar-refractivity contribution in [2.24, 2.45) is 0 Å². The average molecular weight is 345 g/mol. The van der Waals surface area contributed by atoms with Crippen LogP contribution in [-0.2, 0) is 6.54 Å². The van der Waals surface area contributed by atoms with Crippen molar-refractivity contribution in [3.8, 4) is 5.75 Å². The quantitative estimate of drug-likeness (QED) is 0.609. The zero-order valence-electron chi connectivity index (χ0n) is 15.4. The standard InChI is InChI=1S/C20H28FN3O/c1-4-5-14-25-19-10-9-17(15-18(19)21)16-24(13-12-23(2)3)20-8-6-7-11-22-20/h6-11,15H,4-5,12-14,16H2,1-3H3. The first-order valence-corrected chi connectivity index (χ1v) is 8.82. The van der Waals surface area contributed by atoms with Crippen molar-refractivity contribution in [1.29, 1.82) is 0 Å². The summed E-state index contributed by atoms with van der Waals surface area (Å²) in [5, 5.41) is 0. The Bertz CT molecular complexity index is 634. The molecule has 0 aliphatic heterocycles. The first-order chi connectivity index (χ1) is 12.1. The highest BCUT2D eigenvalue weighted by atomic mass is 19.1. The molecule has 0 fully saturated rings. The van der Waals surface area contributed by atoms with Crippen molar-refractivity contribution in [3.63, 3.8) is 0 Å². The van der Waals surface area contributed by atoms with E-state index in [0.717, 1.165) is 37.3 Å². The molecule has 0 saturated carbocycles. The molecular formula is C20H28FN3O. The molecule has 0 unspecified atom stereocenters. The van der Waals surface area contributed by atoms with E-state index in [2.05, 4.69) is 21.7 Å². The topological polar surface area (TPSA) is 28.6 Å². The maximum atomic E-state index is 14.3. The van der Waals surface area contributed by atoms with Gasteiger partial charge in [-0.3, -0.25) is 0 Å². The predicted octanol–water partition coefficient (Wildman–Crippen LogP) is 3.97. The van der Waals surface area contributed by atoms with Gasteiger partial charge in [-0.1, -0.05) is 25.5 Å². The third-order valence-electron chi connectivity index (χ3n) is 3.92.